The van der Waals surface area contributed by atoms with E-state index in [2.05, 4.69) is 0 Å². The molecule has 3 aliphatic rings. The van der Waals surface area contributed by atoms with Gasteiger partial charge in [-0.2, -0.15) is 0 Å². The molecule has 3 saturated carbocycles. The van der Waals surface area contributed by atoms with Gasteiger partial charge in [0.15, 0.2) is 0 Å². The molecule has 6 rings (SSSR count). The molecule has 3 aliphatic carbocycles. The Balaban J connectivity index is 0.000000151. The molecule has 0 amide bonds. The number of benzene rings is 3. The van der Waals surface area contributed by atoms with Crippen LogP contribution in [0.15, 0.2) is 72.8 Å². The lowest BCUT2D eigenvalue weighted by molar-refractivity contribution is -0.143. The fourth-order valence-electron chi connectivity index (χ4n) is 5.37. The Morgan fingerprint density at radius 3 is 1.02 bits per heavy atom. The number of carboxylic acid groups (broad SMARTS) is 1. The third-order valence-electron chi connectivity index (χ3n) is 8.14. The first-order valence-electron chi connectivity index (χ1n) is 14.8. The summed E-state index contributed by atoms with van der Waals surface area (Å²) in [5, 5.41) is 11.1. The minimum absolute atomic E-state index is 0.104. The maximum atomic E-state index is 11.6. The molecule has 6 nitrogen and oxygen atoms in total. The van der Waals surface area contributed by atoms with E-state index in [0.29, 0.717) is 32.8 Å². The molecule has 0 aliphatic heterocycles. The van der Waals surface area contributed by atoms with Crippen molar-refractivity contribution >= 4 is 52.7 Å². The fraction of sp³-hybridized carbons (Fsp3) is 0.400. The minimum Gasteiger partial charge on any atom is -0.481 e. The van der Waals surface area contributed by atoms with E-state index in [1.54, 1.807) is 24.3 Å². The molecule has 3 atom stereocenters. The number of carbonyl (C=O) groups excluding carboxylic acids is 2. The first-order chi connectivity index (χ1) is 21.1. The van der Waals surface area contributed by atoms with Crippen molar-refractivity contribution < 1.29 is 29.0 Å². The number of carboxylic acids is 1. The molecule has 234 valence electrons. The van der Waals surface area contributed by atoms with Gasteiger partial charge in [-0.05, 0) is 109 Å². The van der Waals surface area contributed by atoms with Crippen LogP contribution in [0, 0.1) is 17.8 Å². The van der Waals surface area contributed by atoms with Gasteiger partial charge < -0.3 is 14.6 Å². The van der Waals surface area contributed by atoms with Crippen LogP contribution in [0.1, 0.15) is 73.0 Å². The van der Waals surface area contributed by atoms with Crippen molar-refractivity contribution in [1.29, 1.82) is 0 Å². The maximum absolute atomic E-state index is 11.6. The maximum Gasteiger partial charge on any atom is 0.313 e. The zero-order chi connectivity index (χ0) is 31.8. The lowest BCUT2D eigenvalue weighted by Gasteiger charge is -2.13. The Bertz CT molecular complexity index is 1320. The van der Waals surface area contributed by atoms with E-state index in [1.807, 2.05) is 48.5 Å². The Morgan fingerprint density at radius 2 is 0.795 bits per heavy atom. The molecule has 0 saturated heterocycles. The number of esters is 2. The van der Waals surface area contributed by atoms with Gasteiger partial charge in [-0.15, -0.1) is 0 Å². The Morgan fingerprint density at radius 1 is 0.545 bits per heavy atom. The number of carbonyl (C=O) groups is 3. The van der Waals surface area contributed by atoms with E-state index in [1.165, 1.54) is 14.2 Å². The zero-order valence-electron chi connectivity index (χ0n) is 24.8. The van der Waals surface area contributed by atoms with Gasteiger partial charge in [0.2, 0.25) is 0 Å². The minimum atomic E-state index is -0.727. The standard InChI is InChI=1S/2C12H13ClO2.C11H11ClO2/c2*1-15-12(14)11(8-2-3-8)9-4-6-10(13)7-5-9;12-9-5-3-8(4-6-9)10(11(13)14)7-1-2-7/h2*4-8,11H,2-3H2,1H3;3-7,10H,1-2H2,(H,13,14)/t11-;;10-/m0.1/s1. The summed E-state index contributed by atoms with van der Waals surface area (Å²) in [4.78, 5) is 34.3. The van der Waals surface area contributed by atoms with E-state index in [4.69, 9.17) is 49.4 Å². The Kier molecular flexibility index (Phi) is 12.1. The smallest absolute Gasteiger partial charge is 0.313 e. The fourth-order valence-corrected chi connectivity index (χ4v) is 5.75. The molecule has 0 aromatic heterocycles. The number of ether oxygens (including phenoxy) is 2. The number of halogens is 3. The molecule has 1 N–H and O–H groups in total. The van der Waals surface area contributed by atoms with Crippen LogP contribution in [0.2, 0.25) is 15.1 Å². The molecule has 0 heterocycles. The summed E-state index contributed by atoms with van der Waals surface area (Å²) in [6, 6.07) is 22.0. The molecule has 9 heteroatoms. The number of hydrogen-bond donors (Lipinski definition) is 1. The number of aliphatic carboxylic acids is 1. The quantitative estimate of drug-likeness (QED) is 0.231. The molecule has 3 aromatic carbocycles. The second kappa shape index (κ2) is 15.8. The van der Waals surface area contributed by atoms with E-state index in [-0.39, 0.29) is 29.7 Å². The van der Waals surface area contributed by atoms with Gasteiger partial charge in [-0.1, -0.05) is 71.2 Å². The van der Waals surface area contributed by atoms with Gasteiger partial charge >= 0.3 is 17.9 Å². The average Bonchev–Trinajstić information content (AvgIpc) is 3.85. The predicted molar refractivity (Wildman–Crippen MR) is 172 cm³/mol. The van der Waals surface area contributed by atoms with Crippen molar-refractivity contribution in [2.75, 3.05) is 14.2 Å². The van der Waals surface area contributed by atoms with Crippen LogP contribution in [0.5, 0.6) is 0 Å². The second-order valence-electron chi connectivity index (χ2n) is 11.5. The molecule has 3 fully saturated rings. The summed E-state index contributed by atoms with van der Waals surface area (Å²) >= 11 is 17.4. The van der Waals surface area contributed by atoms with Gasteiger partial charge in [0.05, 0.1) is 32.0 Å². The van der Waals surface area contributed by atoms with Crippen LogP contribution in [0.3, 0.4) is 0 Å². The van der Waals surface area contributed by atoms with Gasteiger partial charge in [-0.3, -0.25) is 14.4 Å². The summed E-state index contributed by atoms with van der Waals surface area (Å²) < 4.78 is 9.65. The Hall–Kier alpha value is -3.06. The first kappa shape index (κ1) is 33.8. The third-order valence-corrected chi connectivity index (χ3v) is 8.90. The van der Waals surface area contributed by atoms with Crippen molar-refractivity contribution in [2.24, 2.45) is 17.8 Å². The van der Waals surface area contributed by atoms with E-state index < -0.39 is 5.97 Å². The second-order valence-corrected chi connectivity index (χ2v) is 12.8. The monoisotopic (exact) mass is 658 g/mol. The molecule has 0 spiro atoms. The molecule has 3 aromatic rings. The van der Waals surface area contributed by atoms with Gasteiger partial charge in [0, 0.05) is 15.1 Å². The van der Waals surface area contributed by atoms with Crippen molar-refractivity contribution in [1.82, 2.24) is 0 Å². The highest BCUT2D eigenvalue weighted by molar-refractivity contribution is 6.31. The summed E-state index contributed by atoms with van der Waals surface area (Å²) in [6.07, 6.45) is 6.51. The van der Waals surface area contributed by atoms with Gasteiger partial charge in [0.1, 0.15) is 0 Å². The molecule has 0 bridgehead atoms. The van der Waals surface area contributed by atoms with Crippen LogP contribution in [-0.4, -0.2) is 37.2 Å². The Labute approximate surface area is 273 Å². The topological polar surface area (TPSA) is 89.9 Å². The summed E-state index contributed by atoms with van der Waals surface area (Å²) in [5.41, 5.74) is 2.88. The number of rotatable bonds is 9. The lowest BCUT2D eigenvalue weighted by Crippen LogP contribution is -2.16. The van der Waals surface area contributed by atoms with E-state index in [0.717, 1.165) is 55.2 Å². The zero-order valence-corrected chi connectivity index (χ0v) is 27.0. The normalized spacial score (nSPS) is 17.4. The highest BCUT2D eigenvalue weighted by Crippen LogP contribution is 2.45. The van der Waals surface area contributed by atoms with Crippen LogP contribution in [0.25, 0.3) is 0 Å². The summed E-state index contributed by atoms with van der Waals surface area (Å²) in [5.74, 6) is -0.313. The molecule has 44 heavy (non-hydrogen) atoms. The molecule has 0 radical (unpaired) electrons. The van der Waals surface area contributed by atoms with Crippen LogP contribution in [0.4, 0.5) is 0 Å². The molecule has 1 unspecified atom stereocenters. The summed E-state index contributed by atoms with van der Waals surface area (Å²) in [6.45, 7) is 0. The van der Waals surface area contributed by atoms with E-state index in [9.17, 15) is 14.4 Å². The highest BCUT2D eigenvalue weighted by atomic mass is 35.5. The highest BCUT2D eigenvalue weighted by Gasteiger charge is 2.39. The van der Waals surface area contributed by atoms with Gasteiger partial charge in [0.25, 0.3) is 0 Å². The number of methoxy groups -OCH3 is 2. The van der Waals surface area contributed by atoms with Crippen molar-refractivity contribution in [3.05, 3.63) is 105 Å². The first-order valence-corrected chi connectivity index (χ1v) is 15.9. The van der Waals surface area contributed by atoms with Crippen LogP contribution >= 0.6 is 34.8 Å². The van der Waals surface area contributed by atoms with E-state index >= 15 is 0 Å². The van der Waals surface area contributed by atoms with Crippen molar-refractivity contribution in [3.63, 3.8) is 0 Å². The van der Waals surface area contributed by atoms with Crippen LogP contribution in [-0.2, 0) is 23.9 Å². The average molecular weight is 660 g/mol. The predicted octanol–water partition coefficient (Wildman–Crippen LogP) is 8.93. The van der Waals surface area contributed by atoms with Crippen molar-refractivity contribution in [3.8, 4) is 0 Å². The lowest BCUT2D eigenvalue weighted by atomic mass is 9.94. The van der Waals surface area contributed by atoms with Crippen molar-refractivity contribution in [2.45, 2.75) is 56.3 Å². The largest absolute Gasteiger partial charge is 0.481 e. The van der Waals surface area contributed by atoms with Gasteiger partial charge in [-0.25, -0.2) is 0 Å². The third kappa shape index (κ3) is 9.72. The summed E-state index contributed by atoms with van der Waals surface area (Å²) in [7, 11) is 2.88. The molecular formula is C35H37Cl3O6. The number of hydrogen-bond acceptors (Lipinski definition) is 5. The van der Waals surface area contributed by atoms with Crippen LogP contribution < -0.4 is 0 Å². The SMILES string of the molecule is COC(=O)C(c1ccc(Cl)cc1)C1CC1.COC(=O)[C@H](c1ccc(Cl)cc1)C1CC1.O=C(O)[C@@H](c1ccc(Cl)cc1)C1CC1. The molecular weight excluding hydrogens is 623 g/mol.